The fourth-order valence-electron chi connectivity index (χ4n) is 3.48. The Balaban J connectivity index is 1.79. The van der Waals surface area contributed by atoms with Crippen molar-refractivity contribution in [3.63, 3.8) is 0 Å². The van der Waals surface area contributed by atoms with Gasteiger partial charge in [0.05, 0.1) is 6.17 Å². The first-order valence-corrected chi connectivity index (χ1v) is 9.38. The molecular weight excluding hydrogens is 316 g/mol. The van der Waals surface area contributed by atoms with Crippen molar-refractivity contribution in [2.45, 2.75) is 44.3 Å². The summed E-state index contributed by atoms with van der Waals surface area (Å²) in [6, 6.07) is 0.206. The molecule has 2 saturated heterocycles. The SMILES string of the molecule is C=C(/C=C(/CN)C(N)NC)C(=O)NC1CCN(N2CCCCC2)CC1. The molecule has 7 nitrogen and oxygen atoms in total. The highest BCUT2D eigenvalue weighted by Crippen LogP contribution is 2.17. The van der Waals surface area contributed by atoms with Gasteiger partial charge in [0.2, 0.25) is 0 Å². The molecule has 2 heterocycles. The van der Waals surface area contributed by atoms with Gasteiger partial charge in [0.25, 0.3) is 5.91 Å². The van der Waals surface area contributed by atoms with Gasteiger partial charge in [-0.1, -0.05) is 13.0 Å². The van der Waals surface area contributed by atoms with Gasteiger partial charge in [0.1, 0.15) is 0 Å². The van der Waals surface area contributed by atoms with Gasteiger partial charge in [0.15, 0.2) is 0 Å². The predicted molar refractivity (Wildman–Crippen MR) is 101 cm³/mol. The van der Waals surface area contributed by atoms with Crippen molar-refractivity contribution in [1.29, 1.82) is 0 Å². The normalized spacial score (nSPS) is 22.6. The molecule has 2 aliphatic heterocycles. The van der Waals surface area contributed by atoms with Gasteiger partial charge in [-0.15, -0.1) is 0 Å². The quantitative estimate of drug-likeness (QED) is 0.291. The summed E-state index contributed by atoms with van der Waals surface area (Å²) in [5.74, 6) is -0.134. The maximum atomic E-state index is 12.4. The van der Waals surface area contributed by atoms with Crippen LogP contribution in [0.1, 0.15) is 32.1 Å². The van der Waals surface area contributed by atoms with E-state index >= 15 is 0 Å². The van der Waals surface area contributed by atoms with E-state index in [1.54, 1.807) is 13.1 Å². The fourth-order valence-corrected chi connectivity index (χ4v) is 3.48. The molecular formula is C18H34N6O. The number of hydrogen-bond acceptors (Lipinski definition) is 6. The molecule has 1 atom stereocenters. The van der Waals surface area contributed by atoms with E-state index < -0.39 is 0 Å². The maximum Gasteiger partial charge on any atom is 0.250 e. The predicted octanol–water partition coefficient (Wildman–Crippen LogP) is -0.0866. The smallest absolute Gasteiger partial charge is 0.250 e. The molecule has 0 bridgehead atoms. The third-order valence-electron chi connectivity index (χ3n) is 5.14. The summed E-state index contributed by atoms with van der Waals surface area (Å²) in [7, 11) is 1.76. The average molecular weight is 351 g/mol. The molecule has 0 saturated carbocycles. The number of nitrogens with two attached hydrogens (primary N) is 2. The standard InChI is InChI=1S/C18H34N6O/c1-14(12-15(13-19)17(20)21-2)18(25)22-16-6-10-24(11-7-16)23-8-4-3-5-9-23/h12,16-17,21H,1,3-11,13,19-20H2,2H3,(H,22,25)/b15-12-. The molecule has 1 unspecified atom stereocenters. The van der Waals surface area contributed by atoms with Gasteiger partial charge in [-0.2, -0.15) is 0 Å². The van der Waals surface area contributed by atoms with E-state index in [4.69, 9.17) is 11.5 Å². The summed E-state index contributed by atoms with van der Waals surface area (Å²) in [6.07, 6.45) is 7.21. The first-order valence-electron chi connectivity index (χ1n) is 9.38. The van der Waals surface area contributed by atoms with Crippen LogP contribution >= 0.6 is 0 Å². The van der Waals surface area contributed by atoms with E-state index in [1.165, 1.54) is 32.4 Å². The van der Waals surface area contributed by atoms with Crippen LogP contribution in [-0.4, -0.2) is 67.9 Å². The molecule has 0 aromatic carbocycles. The Morgan fingerprint density at radius 1 is 1.20 bits per heavy atom. The molecule has 7 heteroatoms. The molecule has 142 valence electrons. The van der Waals surface area contributed by atoms with Crippen molar-refractivity contribution in [2.75, 3.05) is 39.8 Å². The summed E-state index contributed by atoms with van der Waals surface area (Å²) in [4.78, 5) is 12.4. The highest BCUT2D eigenvalue weighted by Gasteiger charge is 2.25. The van der Waals surface area contributed by atoms with Crippen LogP contribution in [0.3, 0.4) is 0 Å². The van der Waals surface area contributed by atoms with E-state index in [1.807, 2.05) is 0 Å². The molecule has 25 heavy (non-hydrogen) atoms. The molecule has 2 rings (SSSR count). The van der Waals surface area contributed by atoms with Crippen molar-refractivity contribution in [3.05, 3.63) is 23.8 Å². The number of nitrogens with one attached hydrogen (secondary N) is 2. The van der Waals surface area contributed by atoms with Crippen molar-refractivity contribution in [2.24, 2.45) is 11.5 Å². The van der Waals surface area contributed by atoms with Crippen molar-refractivity contribution >= 4 is 5.91 Å². The number of nitrogens with zero attached hydrogens (tertiary/aromatic N) is 2. The van der Waals surface area contributed by atoms with Crippen molar-refractivity contribution in [1.82, 2.24) is 20.7 Å². The first-order chi connectivity index (χ1) is 12.0. The van der Waals surface area contributed by atoms with Crippen molar-refractivity contribution in [3.8, 4) is 0 Å². The number of amides is 1. The van der Waals surface area contributed by atoms with Crippen LogP contribution < -0.4 is 22.1 Å². The second kappa shape index (κ2) is 10.0. The number of hydrazine groups is 1. The molecule has 0 spiro atoms. The number of carbonyl (C=O) groups excluding carboxylic acids is 1. The Labute approximate surface area is 151 Å². The van der Waals surface area contributed by atoms with Gasteiger partial charge in [-0.05, 0) is 44.4 Å². The van der Waals surface area contributed by atoms with Gasteiger partial charge in [0, 0.05) is 44.3 Å². The molecule has 0 radical (unpaired) electrons. The summed E-state index contributed by atoms with van der Waals surface area (Å²) in [6.45, 7) is 8.52. The summed E-state index contributed by atoms with van der Waals surface area (Å²) < 4.78 is 0. The zero-order valence-corrected chi connectivity index (χ0v) is 15.5. The third kappa shape index (κ3) is 5.90. The van der Waals surface area contributed by atoms with Gasteiger partial charge in [-0.25, -0.2) is 10.0 Å². The Kier molecular flexibility index (Phi) is 8.05. The van der Waals surface area contributed by atoms with Crippen LogP contribution in [0.5, 0.6) is 0 Å². The highest BCUT2D eigenvalue weighted by molar-refractivity contribution is 5.95. The van der Waals surface area contributed by atoms with Crippen LogP contribution in [0.25, 0.3) is 0 Å². The van der Waals surface area contributed by atoms with Crippen LogP contribution in [0.2, 0.25) is 0 Å². The largest absolute Gasteiger partial charge is 0.349 e. The minimum Gasteiger partial charge on any atom is -0.349 e. The zero-order valence-electron chi connectivity index (χ0n) is 15.5. The third-order valence-corrected chi connectivity index (χ3v) is 5.14. The average Bonchev–Trinajstić information content (AvgIpc) is 2.66. The molecule has 1 amide bonds. The fraction of sp³-hybridized carbons (Fsp3) is 0.722. The number of rotatable bonds is 7. The lowest BCUT2D eigenvalue weighted by atomic mass is 10.0. The van der Waals surface area contributed by atoms with Crippen LogP contribution in [-0.2, 0) is 4.79 Å². The number of carbonyl (C=O) groups is 1. The Bertz CT molecular complexity index is 478. The Hall–Kier alpha value is -1.25. The molecule has 0 aromatic rings. The van der Waals surface area contributed by atoms with E-state index in [2.05, 4.69) is 27.2 Å². The van der Waals surface area contributed by atoms with Gasteiger partial charge >= 0.3 is 0 Å². The second-order valence-electron chi connectivity index (χ2n) is 6.93. The lowest BCUT2D eigenvalue weighted by Gasteiger charge is -2.41. The monoisotopic (exact) mass is 350 g/mol. The molecule has 2 aliphatic rings. The van der Waals surface area contributed by atoms with Gasteiger partial charge in [-0.3, -0.25) is 4.79 Å². The topological polar surface area (TPSA) is 99.6 Å². The summed E-state index contributed by atoms with van der Waals surface area (Å²) in [5, 5.41) is 11.0. The molecule has 6 N–H and O–H groups in total. The Morgan fingerprint density at radius 2 is 1.80 bits per heavy atom. The minimum absolute atomic E-state index is 0.134. The summed E-state index contributed by atoms with van der Waals surface area (Å²) in [5.41, 5.74) is 12.8. The number of piperidine rings is 2. The molecule has 2 fully saturated rings. The zero-order chi connectivity index (χ0) is 18.2. The van der Waals surface area contributed by atoms with E-state index in [0.29, 0.717) is 12.1 Å². The summed E-state index contributed by atoms with van der Waals surface area (Å²) >= 11 is 0. The van der Waals surface area contributed by atoms with E-state index in [0.717, 1.165) is 31.5 Å². The van der Waals surface area contributed by atoms with E-state index in [-0.39, 0.29) is 18.1 Å². The van der Waals surface area contributed by atoms with Crippen LogP contribution in [0.4, 0.5) is 0 Å². The van der Waals surface area contributed by atoms with Crippen LogP contribution in [0.15, 0.2) is 23.8 Å². The molecule has 0 aliphatic carbocycles. The molecule has 0 aromatic heterocycles. The lowest BCUT2D eigenvalue weighted by molar-refractivity contribution is -0.118. The van der Waals surface area contributed by atoms with E-state index in [9.17, 15) is 4.79 Å². The Morgan fingerprint density at radius 3 is 2.36 bits per heavy atom. The van der Waals surface area contributed by atoms with Crippen molar-refractivity contribution < 1.29 is 4.79 Å². The highest BCUT2D eigenvalue weighted by atomic mass is 16.1. The first kappa shape index (κ1) is 20.1. The lowest BCUT2D eigenvalue weighted by Crippen LogP contribution is -2.52. The number of likely N-dealkylation sites (N-methyl/N-ethyl adjacent to an activating group) is 1. The van der Waals surface area contributed by atoms with Crippen LogP contribution in [0, 0.1) is 0 Å². The minimum atomic E-state index is -0.359. The number of hydrogen-bond donors (Lipinski definition) is 4. The maximum absolute atomic E-state index is 12.4. The van der Waals surface area contributed by atoms with Gasteiger partial charge < -0.3 is 22.1 Å². The second-order valence-corrected chi connectivity index (χ2v) is 6.93.